The Bertz CT molecular complexity index is 1090. The van der Waals surface area contributed by atoms with Crippen molar-refractivity contribution in [2.45, 2.75) is 27.0 Å². The highest BCUT2D eigenvalue weighted by atomic mass is 35.5. The van der Waals surface area contributed by atoms with Gasteiger partial charge in [-0.3, -0.25) is 9.69 Å². The fourth-order valence-corrected chi connectivity index (χ4v) is 4.17. The van der Waals surface area contributed by atoms with E-state index < -0.39 is 0 Å². The normalized spacial score (nSPS) is 14.4. The molecule has 0 atom stereocenters. The molecule has 0 aliphatic carbocycles. The molecule has 1 saturated heterocycles. The van der Waals surface area contributed by atoms with Crippen molar-refractivity contribution in [3.8, 4) is 5.75 Å². The van der Waals surface area contributed by atoms with Gasteiger partial charge in [-0.1, -0.05) is 54.1 Å². The van der Waals surface area contributed by atoms with Gasteiger partial charge in [-0.05, 0) is 60.4 Å². The monoisotopic (exact) mass is 448 g/mol. The quantitative estimate of drug-likeness (QED) is 0.499. The number of ether oxygens (including phenoxy) is 1. The van der Waals surface area contributed by atoms with Crippen molar-refractivity contribution in [1.82, 2.24) is 9.80 Å². The predicted molar refractivity (Wildman–Crippen MR) is 129 cm³/mol. The van der Waals surface area contributed by atoms with Gasteiger partial charge in [0.05, 0.1) is 0 Å². The van der Waals surface area contributed by atoms with E-state index in [1.807, 2.05) is 60.4 Å². The highest BCUT2D eigenvalue weighted by Crippen LogP contribution is 2.21. The Kier molecular flexibility index (Phi) is 7.13. The largest absolute Gasteiger partial charge is 0.489 e. The maximum Gasteiger partial charge on any atom is 0.253 e. The lowest BCUT2D eigenvalue weighted by molar-refractivity contribution is 0.0628. The first-order chi connectivity index (χ1) is 15.5. The molecule has 3 aromatic rings. The third-order valence-electron chi connectivity index (χ3n) is 5.92. The van der Waals surface area contributed by atoms with Crippen LogP contribution in [0.4, 0.5) is 0 Å². The standard InChI is InChI=1S/C27H29ClN2O2/c1-20-10-11-21(2)26(16-20)32-19-22-6-5-8-23(17-22)27(31)30-14-12-29(13-15-30)18-24-7-3-4-9-25(24)28/h3-11,16-17H,12-15,18-19H2,1-2H3. The molecule has 4 rings (SSSR count). The second-order valence-electron chi connectivity index (χ2n) is 8.42. The third kappa shape index (κ3) is 5.50. The number of carbonyl (C=O) groups is 1. The van der Waals surface area contributed by atoms with Crippen LogP contribution in [0.2, 0.25) is 5.02 Å². The molecule has 0 bridgehead atoms. The van der Waals surface area contributed by atoms with E-state index in [-0.39, 0.29) is 5.91 Å². The summed E-state index contributed by atoms with van der Waals surface area (Å²) in [4.78, 5) is 17.4. The number of carbonyl (C=O) groups excluding carboxylic acids is 1. The molecule has 1 aliphatic heterocycles. The van der Waals surface area contributed by atoms with Crippen LogP contribution in [0, 0.1) is 13.8 Å². The van der Waals surface area contributed by atoms with Gasteiger partial charge in [0, 0.05) is 43.3 Å². The number of aryl methyl sites for hydroxylation is 2. The summed E-state index contributed by atoms with van der Waals surface area (Å²) in [5, 5.41) is 0.797. The minimum Gasteiger partial charge on any atom is -0.489 e. The summed E-state index contributed by atoms with van der Waals surface area (Å²) in [7, 11) is 0. The zero-order valence-corrected chi connectivity index (χ0v) is 19.4. The van der Waals surface area contributed by atoms with Gasteiger partial charge in [-0.15, -0.1) is 0 Å². The molecule has 1 heterocycles. The number of hydrogen-bond donors (Lipinski definition) is 0. The molecule has 0 saturated carbocycles. The minimum atomic E-state index is 0.0796. The van der Waals surface area contributed by atoms with E-state index in [0.717, 1.165) is 47.1 Å². The van der Waals surface area contributed by atoms with Crippen molar-refractivity contribution >= 4 is 17.5 Å². The number of hydrogen-bond acceptors (Lipinski definition) is 3. The molecule has 1 aliphatic rings. The Morgan fingerprint density at radius 3 is 2.50 bits per heavy atom. The van der Waals surface area contributed by atoms with Crippen molar-refractivity contribution in [2.24, 2.45) is 0 Å². The Balaban J connectivity index is 1.34. The first-order valence-electron chi connectivity index (χ1n) is 11.0. The molecule has 1 amide bonds. The fourth-order valence-electron chi connectivity index (χ4n) is 3.98. The first-order valence-corrected chi connectivity index (χ1v) is 11.4. The number of halogens is 1. The number of piperazine rings is 1. The number of nitrogens with zero attached hydrogens (tertiary/aromatic N) is 2. The van der Waals surface area contributed by atoms with E-state index in [2.05, 4.69) is 30.0 Å². The average molecular weight is 449 g/mol. The van der Waals surface area contributed by atoms with Crippen LogP contribution < -0.4 is 4.74 Å². The van der Waals surface area contributed by atoms with Crippen LogP contribution in [0.15, 0.2) is 66.7 Å². The lowest BCUT2D eigenvalue weighted by atomic mass is 10.1. The third-order valence-corrected chi connectivity index (χ3v) is 6.29. The summed E-state index contributed by atoms with van der Waals surface area (Å²) >= 11 is 6.30. The molecule has 0 unspecified atom stereocenters. The van der Waals surface area contributed by atoms with Crippen LogP contribution >= 0.6 is 11.6 Å². The summed E-state index contributed by atoms with van der Waals surface area (Å²) in [6, 6.07) is 21.9. The molecular weight excluding hydrogens is 420 g/mol. The molecule has 32 heavy (non-hydrogen) atoms. The van der Waals surface area contributed by atoms with Gasteiger partial charge in [0.2, 0.25) is 0 Å². The summed E-state index contributed by atoms with van der Waals surface area (Å²) in [5.41, 5.74) is 5.12. The van der Waals surface area contributed by atoms with Gasteiger partial charge < -0.3 is 9.64 Å². The van der Waals surface area contributed by atoms with Crippen molar-refractivity contribution < 1.29 is 9.53 Å². The molecular formula is C27H29ClN2O2. The number of benzene rings is 3. The molecule has 4 nitrogen and oxygen atoms in total. The molecule has 3 aromatic carbocycles. The molecule has 0 radical (unpaired) electrons. The topological polar surface area (TPSA) is 32.8 Å². The van der Waals surface area contributed by atoms with E-state index in [9.17, 15) is 4.79 Å². The highest BCUT2D eigenvalue weighted by Gasteiger charge is 2.22. The van der Waals surface area contributed by atoms with Crippen molar-refractivity contribution in [3.63, 3.8) is 0 Å². The van der Waals surface area contributed by atoms with Crippen molar-refractivity contribution in [2.75, 3.05) is 26.2 Å². The molecule has 5 heteroatoms. The lowest BCUT2D eigenvalue weighted by Crippen LogP contribution is -2.48. The van der Waals surface area contributed by atoms with Gasteiger partial charge in [-0.2, -0.15) is 0 Å². The second-order valence-corrected chi connectivity index (χ2v) is 8.82. The second kappa shape index (κ2) is 10.2. The van der Waals surface area contributed by atoms with Crippen molar-refractivity contribution in [3.05, 3.63) is 99.6 Å². The predicted octanol–water partition coefficient (Wildman–Crippen LogP) is 5.49. The Labute approximate surface area is 195 Å². The average Bonchev–Trinajstić information content (AvgIpc) is 2.81. The molecule has 1 fully saturated rings. The van der Waals surface area contributed by atoms with Gasteiger partial charge in [0.1, 0.15) is 12.4 Å². The molecule has 0 N–H and O–H groups in total. The maximum atomic E-state index is 13.1. The van der Waals surface area contributed by atoms with E-state index >= 15 is 0 Å². The van der Waals surface area contributed by atoms with E-state index in [4.69, 9.17) is 16.3 Å². The summed E-state index contributed by atoms with van der Waals surface area (Å²) in [6.07, 6.45) is 0. The van der Waals surface area contributed by atoms with Crippen molar-refractivity contribution in [1.29, 1.82) is 0 Å². The number of rotatable bonds is 6. The molecule has 0 aromatic heterocycles. The van der Waals surface area contributed by atoms with E-state index in [0.29, 0.717) is 25.3 Å². The van der Waals surface area contributed by atoms with Gasteiger partial charge in [0.15, 0.2) is 0 Å². The first kappa shape index (κ1) is 22.4. The van der Waals surface area contributed by atoms with Gasteiger partial charge >= 0.3 is 0 Å². The molecule has 0 spiro atoms. The van der Waals surface area contributed by atoms with Crippen LogP contribution in [-0.4, -0.2) is 41.9 Å². The van der Waals surface area contributed by atoms with Gasteiger partial charge in [-0.25, -0.2) is 0 Å². The zero-order chi connectivity index (χ0) is 22.5. The maximum absolute atomic E-state index is 13.1. The molecule has 166 valence electrons. The zero-order valence-electron chi connectivity index (χ0n) is 18.7. The summed E-state index contributed by atoms with van der Waals surface area (Å²) < 4.78 is 6.02. The van der Waals surface area contributed by atoms with Crippen LogP contribution in [0.5, 0.6) is 5.75 Å². The Morgan fingerprint density at radius 2 is 1.72 bits per heavy atom. The smallest absolute Gasteiger partial charge is 0.253 e. The summed E-state index contributed by atoms with van der Waals surface area (Å²) in [6.45, 7) is 8.46. The highest BCUT2D eigenvalue weighted by molar-refractivity contribution is 6.31. The van der Waals surface area contributed by atoms with Crippen LogP contribution in [0.25, 0.3) is 0 Å². The van der Waals surface area contributed by atoms with Crippen LogP contribution in [-0.2, 0) is 13.2 Å². The Hall–Kier alpha value is -2.82. The fraction of sp³-hybridized carbons (Fsp3) is 0.296. The SMILES string of the molecule is Cc1ccc(C)c(OCc2cccc(C(=O)N3CCN(Cc4ccccc4Cl)CC3)c2)c1. The Morgan fingerprint density at radius 1 is 0.938 bits per heavy atom. The van der Waals surface area contributed by atoms with Gasteiger partial charge in [0.25, 0.3) is 5.91 Å². The minimum absolute atomic E-state index is 0.0796. The van der Waals surface area contributed by atoms with E-state index in [1.54, 1.807) is 0 Å². The van der Waals surface area contributed by atoms with E-state index in [1.165, 1.54) is 5.56 Å². The number of amides is 1. The lowest BCUT2D eigenvalue weighted by Gasteiger charge is -2.35. The summed E-state index contributed by atoms with van der Waals surface area (Å²) in [5.74, 6) is 0.965. The van der Waals surface area contributed by atoms with Crippen LogP contribution in [0.3, 0.4) is 0 Å². The van der Waals surface area contributed by atoms with Crippen LogP contribution in [0.1, 0.15) is 32.6 Å².